The molecule has 0 aliphatic carbocycles. The molecule has 0 spiro atoms. The molecule has 0 aliphatic heterocycles. The van der Waals surface area contributed by atoms with Crippen LogP contribution in [0.4, 0.5) is 5.95 Å². The van der Waals surface area contributed by atoms with Gasteiger partial charge in [-0.15, -0.1) is 0 Å². The summed E-state index contributed by atoms with van der Waals surface area (Å²) < 4.78 is 2.01. The molecule has 104 valence electrons. The van der Waals surface area contributed by atoms with Gasteiger partial charge in [-0.25, -0.2) is 4.98 Å². The highest BCUT2D eigenvalue weighted by molar-refractivity contribution is 7.07. The number of anilines is 1. The number of nitrogens with zero attached hydrogens (tertiary/aromatic N) is 2. The molecule has 0 fully saturated rings. The molecule has 0 saturated heterocycles. The van der Waals surface area contributed by atoms with Gasteiger partial charge in [0, 0.05) is 6.04 Å². The second kappa shape index (κ2) is 5.28. The molecule has 20 heavy (non-hydrogen) atoms. The van der Waals surface area contributed by atoms with E-state index < -0.39 is 0 Å². The van der Waals surface area contributed by atoms with Crippen LogP contribution < -0.4 is 5.73 Å². The molecule has 0 radical (unpaired) electrons. The topological polar surface area (TPSA) is 43.8 Å². The molecular formula is C14H13Cl2N3S. The molecule has 6 heteroatoms. The van der Waals surface area contributed by atoms with Crippen molar-refractivity contribution in [3.8, 4) is 0 Å². The number of hydrogen-bond acceptors (Lipinski definition) is 3. The fraction of sp³-hybridized carbons (Fsp3) is 0.214. The normalized spacial score (nSPS) is 12.9. The maximum Gasteiger partial charge on any atom is 0.201 e. The van der Waals surface area contributed by atoms with Crippen molar-refractivity contribution in [2.75, 3.05) is 5.73 Å². The molecule has 3 rings (SSSR count). The van der Waals surface area contributed by atoms with Gasteiger partial charge in [0.15, 0.2) is 0 Å². The first-order valence-electron chi connectivity index (χ1n) is 6.20. The van der Waals surface area contributed by atoms with Crippen molar-refractivity contribution in [1.82, 2.24) is 9.55 Å². The summed E-state index contributed by atoms with van der Waals surface area (Å²) in [7, 11) is 0. The number of halogens is 2. The minimum Gasteiger partial charge on any atom is -0.369 e. The van der Waals surface area contributed by atoms with Gasteiger partial charge in [0.05, 0.1) is 21.1 Å². The smallest absolute Gasteiger partial charge is 0.201 e. The van der Waals surface area contributed by atoms with E-state index in [9.17, 15) is 0 Å². The molecule has 0 saturated carbocycles. The third-order valence-corrected chi connectivity index (χ3v) is 4.77. The summed E-state index contributed by atoms with van der Waals surface area (Å²) in [5, 5.41) is 5.24. The van der Waals surface area contributed by atoms with E-state index in [2.05, 4.69) is 28.7 Å². The fourth-order valence-electron chi connectivity index (χ4n) is 2.41. The second-order valence-electron chi connectivity index (χ2n) is 4.78. The first-order chi connectivity index (χ1) is 9.56. The van der Waals surface area contributed by atoms with E-state index in [4.69, 9.17) is 28.9 Å². The van der Waals surface area contributed by atoms with E-state index in [1.54, 1.807) is 17.4 Å². The van der Waals surface area contributed by atoms with E-state index in [1.807, 2.05) is 10.6 Å². The Morgan fingerprint density at radius 2 is 2.10 bits per heavy atom. The van der Waals surface area contributed by atoms with Gasteiger partial charge in [-0.2, -0.15) is 11.3 Å². The van der Waals surface area contributed by atoms with E-state index in [-0.39, 0.29) is 6.04 Å². The Kier molecular flexibility index (Phi) is 3.63. The Bertz CT molecular complexity index is 749. The van der Waals surface area contributed by atoms with Crippen LogP contribution in [0.2, 0.25) is 10.0 Å². The van der Waals surface area contributed by atoms with Crippen molar-refractivity contribution in [1.29, 1.82) is 0 Å². The number of thiophene rings is 1. The summed E-state index contributed by atoms with van der Waals surface area (Å²) in [4.78, 5) is 4.37. The SMILES string of the molecule is CC(Cc1ccsc1)n1c(N)nc2cc(Cl)c(Cl)cc21. The van der Waals surface area contributed by atoms with Gasteiger partial charge in [-0.1, -0.05) is 23.2 Å². The molecule has 0 bridgehead atoms. The van der Waals surface area contributed by atoms with Crippen molar-refractivity contribution in [3.63, 3.8) is 0 Å². The number of benzene rings is 1. The van der Waals surface area contributed by atoms with Gasteiger partial charge in [-0.3, -0.25) is 0 Å². The van der Waals surface area contributed by atoms with Crippen molar-refractivity contribution in [2.24, 2.45) is 0 Å². The average Bonchev–Trinajstić information content (AvgIpc) is 2.97. The summed E-state index contributed by atoms with van der Waals surface area (Å²) in [6.45, 7) is 2.12. The Labute approximate surface area is 130 Å². The van der Waals surface area contributed by atoms with Crippen LogP contribution in [0.5, 0.6) is 0 Å². The van der Waals surface area contributed by atoms with Crippen molar-refractivity contribution in [3.05, 3.63) is 44.6 Å². The molecule has 1 aromatic carbocycles. The zero-order valence-electron chi connectivity index (χ0n) is 10.8. The summed E-state index contributed by atoms with van der Waals surface area (Å²) >= 11 is 13.8. The van der Waals surface area contributed by atoms with Crippen molar-refractivity contribution >= 4 is 51.5 Å². The number of fused-ring (bicyclic) bond motifs is 1. The molecule has 1 atom stereocenters. The lowest BCUT2D eigenvalue weighted by Gasteiger charge is -2.15. The molecule has 1 unspecified atom stereocenters. The van der Waals surface area contributed by atoms with E-state index in [0.29, 0.717) is 16.0 Å². The maximum atomic E-state index is 6.10. The van der Waals surface area contributed by atoms with Gasteiger partial charge < -0.3 is 10.3 Å². The number of rotatable bonds is 3. The van der Waals surface area contributed by atoms with Crippen LogP contribution >= 0.6 is 34.5 Å². The van der Waals surface area contributed by atoms with Gasteiger partial charge >= 0.3 is 0 Å². The Morgan fingerprint density at radius 3 is 2.80 bits per heavy atom. The van der Waals surface area contributed by atoms with Crippen LogP contribution in [0.3, 0.4) is 0 Å². The number of aromatic nitrogens is 2. The van der Waals surface area contributed by atoms with Crippen molar-refractivity contribution in [2.45, 2.75) is 19.4 Å². The third kappa shape index (κ3) is 2.39. The van der Waals surface area contributed by atoms with E-state index in [0.717, 1.165) is 17.5 Å². The van der Waals surface area contributed by atoms with E-state index >= 15 is 0 Å². The Hall–Kier alpha value is -1.23. The van der Waals surface area contributed by atoms with Gasteiger partial charge in [0.2, 0.25) is 5.95 Å². The highest BCUT2D eigenvalue weighted by Gasteiger charge is 2.16. The van der Waals surface area contributed by atoms with Gasteiger partial charge in [0.25, 0.3) is 0 Å². The Morgan fingerprint density at radius 1 is 1.35 bits per heavy atom. The van der Waals surface area contributed by atoms with Gasteiger partial charge in [-0.05, 0) is 47.9 Å². The van der Waals surface area contributed by atoms with Crippen LogP contribution in [0, 0.1) is 0 Å². The minimum absolute atomic E-state index is 0.201. The summed E-state index contributed by atoms with van der Waals surface area (Å²) in [6.07, 6.45) is 0.902. The van der Waals surface area contributed by atoms with Crippen LogP contribution in [-0.2, 0) is 6.42 Å². The predicted octanol–water partition coefficient (Wildman–Crippen LogP) is 4.79. The lowest BCUT2D eigenvalue weighted by atomic mass is 10.1. The number of nitrogen functional groups attached to an aromatic ring is 1. The lowest BCUT2D eigenvalue weighted by Crippen LogP contribution is -2.11. The van der Waals surface area contributed by atoms with Crippen molar-refractivity contribution < 1.29 is 0 Å². The van der Waals surface area contributed by atoms with Crippen LogP contribution in [0.15, 0.2) is 29.0 Å². The molecule has 0 amide bonds. The summed E-state index contributed by atoms with van der Waals surface area (Å²) in [5.74, 6) is 0.487. The summed E-state index contributed by atoms with van der Waals surface area (Å²) in [5.41, 5.74) is 9.04. The fourth-order valence-corrected chi connectivity index (χ4v) is 3.41. The minimum atomic E-state index is 0.201. The van der Waals surface area contributed by atoms with Gasteiger partial charge in [0.1, 0.15) is 0 Å². The molecule has 2 aromatic heterocycles. The van der Waals surface area contributed by atoms with E-state index in [1.165, 1.54) is 5.56 Å². The molecule has 2 heterocycles. The quantitative estimate of drug-likeness (QED) is 0.752. The summed E-state index contributed by atoms with van der Waals surface area (Å²) in [6, 6.07) is 5.91. The number of imidazole rings is 1. The lowest BCUT2D eigenvalue weighted by molar-refractivity contribution is 0.567. The second-order valence-corrected chi connectivity index (χ2v) is 6.37. The number of hydrogen-bond donors (Lipinski definition) is 1. The van der Waals surface area contributed by atoms with Crippen LogP contribution in [0.25, 0.3) is 11.0 Å². The average molecular weight is 326 g/mol. The standard InChI is InChI=1S/C14H13Cl2N3S/c1-8(4-9-2-3-20-7-9)19-13-6-11(16)10(15)5-12(13)18-14(19)17/h2-3,5-8H,4H2,1H3,(H2,17,18). The number of nitrogens with two attached hydrogens (primary N) is 1. The molecule has 0 aliphatic rings. The van der Waals surface area contributed by atoms with Crippen LogP contribution in [-0.4, -0.2) is 9.55 Å². The zero-order valence-corrected chi connectivity index (χ0v) is 13.1. The first-order valence-corrected chi connectivity index (χ1v) is 7.89. The first kappa shape index (κ1) is 13.7. The largest absolute Gasteiger partial charge is 0.369 e. The third-order valence-electron chi connectivity index (χ3n) is 3.31. The molecular weight excluding hydrogens is 313 g/mol. The molecule has 3 nitrogen and oxygen atoms in total. The van der Waals surface area contributed by atoms with Crippen LogP contribution in [0.1, 0.15) is 18.5 Å². The highest BCUT2D eigenvalue weighted by Crippen LogP contribution is 2.31. The monoisotopic (exact) mass is 325 g/mol. The predicted molar refractivity (Wildman–Crippen MR) is 86.9 cm³/mol. The maximum absolute atomic E-state index is 6.10. The molecule has 2 N–H and O–H groups in total. The highest BCUT2D eigenvalue weighted by atomic mass is 35.5. The zero-order chi connectivity index (χ0) is 14.3. The Balaban J connectivity index is 2.06. The molecule has 3 aromatic rings.